The Labute approximate surface area is 107 Å². The molecule has 1 rings (SSSR count). The van der Waals surface area contributed by atoms with Crippen LogP contribution in [0.5, 0.6) is 0 Å². The summed E-state index contributed by atoms with van der Waals surface area (Å²) in [6.45, 7) is 4.20. The third-order valence-electron chi connectivity index (χ3n) is 2.91. The summed E-state index contributed by atoms with van der Waals surface area (Å²) in [6.07, 6.45) is 0.637. The molecule has 0 bridgehead atoms. The molecule has 0 heterocycles. The highest BCUT2D eigenvalue weighted by Gasteiger charge is 2.10. The van der Waals surface area contributed by atoms with Crippen molar-refractivity contribution in [2.24, 2.45) is 0 Å². The van der Waals surface area contributed by atoms with Gasteiger partial charge in [0.15, 0.2) is 0 Å². The van der Waals surface area contributed by atoms with E-state index in [-0.39, 0.29) is 11.9 Å². The molecule has 17 heavy (non-hydrogen) atoms. The summed E-state index contributed by atoms with van der Waals surface area (Å²) in [5.74, 6) is -0.236. The van der Waals surface area contributed by atoms with Gasteiger partial charge in [0.1, 0.15) is 5.82 Å². The van der Waals surface area contributed by atoms with Crippen LogP contribution in [0.15, 0.2) is 12.1 Å². The SMILES string of the molecule is Cc1cc(Cl)c(CCN(C)C(C)C#N)cc1F. The number of rotatable bonds is 4. The van der Waals surface area contributed by atoms with E-state index < -0.39 is 0 Å². The second kappa shape index (κ2) is 6.00. The normalized spacial score (nSPS) is 12.5. The smallest absolute Gasteiger partial charge is 0.126 e. The fourth-order valence-electron chi connectivity index (χ4n) is 1.47. The predicted octanol–water partition coefficient (Wildman–Crippen LogP) is 3.17. The van der Waals surface area contributed by atoms with Crippen LogP contribution in [0.3, 0.4) is 0 Å². The van der Waals surface area contributed by atoms with E-state index in [9.17, 15) is 4.39 Å². The molecule has 1 unspecified atom stereocenters. The Kier molecular flexibility index (Phi) is 4.92. The summed E-state index contributed by atoms with van der Waals surface area (Å²) in [5.41, 5.74) is 1.34. The first-order chi connectivity index (χ1) is 7.95. The first kappa shape index (κ1) is 14.0. The van der Waals surface area contributed by atoms with Crippen LogP contribution in [0.25, 0.3) is 0 Å². The lowest BCUT2D eigenvalue weighted by atomic mass is 10.1. The van der Waals surface area contributed by atoms with E-state index in [2.05, 4.69) is 6.07 Å². The molecule has 0 aliphatic carbocycles. The van der Waals surface area contributed by atoms with Gasteiger partial charge in [-0.25, -0.2) is 4.39 Å². The fourth-order valence-corrected chi connectivity index (χ4v) is 1.78. The molecule has 0 aliphatic rings. The van der Waals surface area contributed by atoms with Crippen LogP contribution in [-0.4, -0.2) is 24.5 Å². The lowest BCUT2D eigenvalue weighted by molar-refractivity contribution is 0.306. The van der Waals surface area contributed by atoms with Crippen LogP contribution in [0, 0.1) is 24.1 Å². The van der Waals surface area contributed by atoms with Gasteiger partial charge in [0, 0.05) is 11.6 Å². The Hall–Kier alpha value is -1.11. The number of halogens is 2. The molecule has 0 amide bonds. The third kappa shape index (κ3) is 3.69. The van der Waals surface area contributed by atoms with E-state index in [0.717, 1.165) is 5.56 Å². The maximum Gasteiger partial charge on any atom is 0.126 e. The van der Waals surface area contributed by atoms with Crippen molar-refractivity contribution in [1.29, 1.82) is 5.26 Å². The molecule has 4 heteroatoms. The summed E-state index contributed by atoms with van der Waals surface area (Å²) in [4.78, 5) is 1.91. The Bertz CT molecular complexity index is 440. The summed E-state index contributed by atoms with van der Waals surface area (Å²) in [7, 11) is 1.87. The second-order valence-electron chi connectivity index (χ2n) is 4.23. The number of likely N-dealkylation sites (N-methyl/N-ethyl adjacent to an activating group) is 1. The van der Waals surface area contributed by atoms with Crippen molar-refractivity contribution in [3.05, 3.63) is 34.1 Å². The van der Waals surface area contributed by atoms with Gasteiger partial charge >= 0.3 is 0 Å². The van der Waals surface area contributed by atoms with Gasteiger partial charge in [-0.3, -0.25) is 4.90 Å². The average Bonchev–Trinajstić information content (AvgIpc) is 2.30. The number of hydrogen-bond acceptors (Lipinski definition) is 2. The molecule has 0 N–H and O–H groups in total. The molecule has 0 radical (unpaired) electrons. The van der Waals surface area contributed by atoms with Gasteiger partial charge < -0.3 is 0 Å². The quantitative estimate of drug-likeness (QED) is 0.825. The molecule has 0 spiro atoms. The summed E-state index contributed by atoms with van der Waals surface area (Å²) < 4.78 is 13.4. The van der Waals surface area contributed by atoms with Crippen molar-refractivity contribution < 1.29 is 4.39 Å². The fraction of sp³-hybridized carbons (Fsp3) is 0.462. The Balaban J connectivity index is 2.70. The zero-order valence-corrected chi connectivity index (χ0v) is 11.1. The van der Waals surface area contributed by atoms with Gasteiger partial charge in [-0.15, -0.1) is 0 Å². The van der Waals surface area contributed by atoms with E-state index >= 15 is 0 Å². The van der Waals surface area contributed by atoms with Crippen LogP contribution in [0.2, 0.25) is 5.02 Å². The Morgan fingerprint density at radius 1 is 1.53 bits per heavy atom. The van der Waals surface area contributed by atoms with Gasteiger partial charge in [-0.2, -0.15) is 5.26 Å². The molecule has 1 atom stereocenters. The van der Waals surface area contributed by atoms with Crippen LogP contribution in [0.4, 0.5) is 4.39 Å². The average molecular weight is 255 g/mol. The van der Waals surface area contributed by atoms with E-state index in [4.69, 9.17) is 16.9 Å². The highest BCUT2D eigenvalue weighted by molar-refractivity contribution is 6.31. The predicted molar refractivity (Wildman–Crippen MR) is 67.6 cm³/mol. The Morgan fingerprint density at radius 3 is 2.76 bits per heavy atom. The maximum absolute atomic E-state index is 13.4. The maximum atomic E-state index is 13.4. The molecule has 0 aromatic heterocycles. The molecular formula is C13H16ClFN2. The number of nitrogens with zero attached hydrogens (tertiary/aromatic N) is 2. The molecule has 92 valence electrons. The van der Waals surface area contributed by atoms with Crippen molar-refractivity contribution in [1.82, 2.24) is 4.90 Å². The van der Waals surface area contributed by atoms with E-state index in [1.165, 1.54) is 6.07 Å². The van der Waals surface area contributed by atoms with Crippen LogP contribution in [0.1, 0.15) is 18.1 Å². The highest BCUT2D eigenvalue weighted by atomic mass is 35.5. The van der Waals surface area contributed by atoms with Gasteiger partial charge in [0.2, 0.25) is 0 Å². The summed E-state index contributed by atoms with van der Waals surface area (Å²) >= 11 is 6.05. The minimum absolute atomic E-state index is 0.149. The first-order valence-corrected chi connectivity index (χ1v) is 5.88. The second-order valence-corrected chi connectivity index (χ2v) is 4.64. The van der Waals surface area contributed by atoms with Gasteiger partial charge in [-0.05, 0) is 50.6 Å². The van der Waals surface area contributed by atoms with Crippen LogP contribution < -0.4 is 0 Å². The van der Waals surface area contributed by atoms with Crippen molar-refractivity contribution in [2.45, 2.75) is 26.3 Å². The number of nitriles is 1. The molecule has 0 aliphatic heterocycles. The zero-order valence-electron chi connectivity index (χ0n) is 10.3. The van der Waals surface area contributed by atoms with Crippen molar-refractivity contribution >= 4 is 11.6 Å². The number of benzene rings is 1. The lowest BCUT2D eigenvalue weighted by Gasteiger charge is -2.19. The third-order valence-corrected chi connectivity index (χ3v) is 3.26. The minimum atomic E-state index is -0.236. The molecule has 2 nitrogen and oxygen atoms in total. The largest absolute Gasteiger partial charge is 0.291 e. The number of aryl methyl sites for hydroxylation is 1. The van der Waals surface area contributed by atoms with Crippen LogP contribution in [-0.2, 0) is 6.42 Å². The van der Waals surface area contributed by atoms with Gasteiger partial charge in [0.05, 0.1) is 12.1 Å². The van der Waals surface area contributed by atoms with E-state index in [1.807, 2.05) is 18.9 Å². The zero-order chi connectivity index (χ0) is 13.0. The molecule has 0 saturated heterocycles. The highest BCUT2D eigenvalue weighted by Crippen LogP contribution is 2.21. The monoisotopic (exact) mass is 254 g/mol. The summed E-state index contributed by atoms with van der Waals surface area (Å²) in [6, 6.07) is 5.12. The molecule has 1 aromatic carbocycles. The minimum Gasteiger partial charge on any atom is -0.291 e. The Morgan fingerprint density at radius 2 is 2.18 bits per heavy atom. The molecule has 0 saturated carbocycles. The van der Waals surface area contributed by atoms with E-state index in [1.54, 1.807) is 13.0 Å². The van der Waals surface area contributed by atoms with Crippen molar-refractivity contribution in [3.8, 4) is 6.07 Å². The first-order valence-electron chi connectivity index (χ1n) is 5.50. The summed E-state index contributed by atoms with van der Waals surface area (Å²) in [5, 5.41) is 9.34. The standard InChI is InChI=1S/C13H16ClFN2/c1-9-6-12(14)11(7-13(9)15)4-5-17(3)10(2)8-16/h6-7,10H,4-5H2,1-3H3. The van der Waals surface area contributed by atoms with Gasteiger partial charge in [0.25, 0.3) is 0 Å². The molecular weight excluding hydrogens is 239 g/mol. The number of hydrogen-bond donors (Lipinski definition) is 0. The van der Waals surface area contributed by atoms with Crippen molar-refractivity contribution in [2.75, 3.05) is 13.6 Å². The molecule has 1 aromatic rings. The van der Waals surface area contributed by atoms with E-state index in [0.29, 0.717) is 23.6 Å². The van der Waals surface area contributed by atoms with Crippen molar-refractivity contribution in [3.63, 3.8) is 0 Å². The van der Waals surface area contributed by atoms with Gasteiger partial charge in [-0.1, -0.05) is 11.6 Å². The lowest BCUT2D eigenvalue weighted by Crippen LogP contribution is -2.29. The van der Waals surface area contributed by atoms with Crippen LogP contribution >= 0.6 is 11.6 Å². The molecule has 0 fully saturated rings. The topological polar surface area (TPSA) is 27.0 Å².